The van der Waals surface area contributed by atoms with E-state index in [9.17, 15) is 9.59 Å². The predicted octanol–water partition coefficient (Wildman–Crippen LogP) is 0.455. The number of nitrogens with zero attached hydrogens (tertiary/aromatic N) is 1. The molecule has 1 aromatic heterocycles. The molecule has 0 fully saturated rings. The minimum Gasteiger partial charge on any atom is -0.393 e. The van der Waals surface area contributed by atoms with Crippen molar-refractivity contribution in [2.45, 2.75) is 0 Å². The van der Waals surface area contributed by atoms with Crippen LogP contribution in [0.3, 0.4) is 0 Å². The van der Waals surface area contributed by atoms with Gasteiger partial charge in [-0.2, -0.15) is 4.98 Å². The number of nitrogens with one attached hydrogen (secondary N) is 3. The van der Waals surface area contributed by atoms with E-state index in [-0.39, 0.29) is 17.5 Å². The minimum absolute atomic E-state index is 0.0560. The molecule has 0 spiro atoms. The predicted molar refractivity (Wildman–Crippen MR) is 72.4 cm³/mol. The molecule has 2 aromatic rings. The number of nitrogens with two attached hydrogens (primary N) is 1. The molecule has 0 atom stereocenters. The molecule has 0 aliphatic heterocycles. The van der Waals surface area contributed by atoms with Gasteiger partial charge in [0.05, 0.1) is 0 Å². The summed E-state index contributed by atoms with van der Waals surface area (Å²) in [4.78, 5) is 29.1. The summed E-state index contributed by atoms with van der Waals surface area (Å²) in [6.07, 6.45) is 1.37. The lowest BCUT2D eigenvalue weighted by atomic mass is 10.2. The summed E-state index contributed by atoms with van der Waals surface area (Å²) < 4.78 is 0. The first-order valence-corrected chi connectivity index (χ1v) is 5.54. The van der Waals surface area contributed by atoms with Gasteiger partial charge in [-0.1, -0.05) is 0 Å². The summed E-state index contributed by atoms with van der Waals surface area (Å²) in [7, 11) is 1.57. The number of nitrogen functional groups attached to an aromatic ring is 1. The van der Waals surface area contributed by atoms with Crippen LogP contribution in [0.15, 0.2) is 35.3 Å². The fourth-order valence-corrected chi connectivity index (χ4v) is 1.46. The molecule has 98 valence electrons. The van der Waals surface area contributed by atoms with Crippen LogP contribution < -0.4 is 21.9 Å². The van der Waals surface area contributed by atoms with E-state index in [0.717, 1.165) is 0 Å². The van der Waals surface area contributed by atoms with Gasteiger partial charge < -0.3 is 21.4 Å². The van der Waals surface area contributed by atoms with Crippen molar-refractivity contribution >= 4 is 23.2 Å². The number of hydrogen-bond acceptors (Lipinski definition) is 5. The van der Waals surface area contributed by atoms with E-state index in [1.165, 1.54) is 6.20 Å². The van der Waals surface area contributed by atoms with Crippen molar-refractivity contribution in [2.24, 2.45) is 0 Å². The number of carbonyl (C=O) groups is 1. The Morgan fingerprint density at radius 3 is 2.58 bits per heavy atom. The molecule has 1 aromatic carbocycles. The number of aromatic amines is 1. The van der Waals surface area contributed by atoms with Gasteiger partial charge in [0.15, 0.2) is 0 Å². The number of carbonyl (C=O) groups excluding carboxylic acids is 1. The first-order valence-electron chi connectivity index (χ1n) is 5.54. The third kappa shape index (κ3) is 2.89. The number of amides is 1. The Balaban J connectivity index is 2.17. The normalized spacial score (nSPS) is 9.95. The number of rotatable bonds is 3. The van der Waals surface area contributed by atoms with Gasteiger partial charge in [-0.05, 0) is 24.3 Å². The fourth-order valence-electron chi connectivity index (χ4n) is 1.46. The maximum Gasteiger partial charge on any atom is 0.297 e. The van der Waals surface area contributed by atoms with Crippen molar-refractivity contribution in [1.29, 1.82) is 0 Å². The molecule has 7 heteroatoms. The first kappa shape index (κ1) is 12.6. The molecule has 19 heavy (non-hydrogen) atoms. The van der Waals surface area contributed by atoms with Gasteiger partial charge in [0.1, 0.15) is 5.69 Å². The van der Waals surface area contributed by atoms with Crippen LogP contribution in [0.25, 0.3) is 0 Å². The van der Waals surface area contributed by atoms with Crippen LogP contribution in [0, 0.1) is 0 Å². The van der Waals surface area contributed by atoms with Crippen LogP contribution in [-0.2, 0) is 0 Å². The highest BCUT2D eigenvalue weighted by Gasteiger charge is 2.03. The third-order valence-electron chi connectivity index (χ3n) is 2.46. The highest BCUT2D eigenvalue weighted by Crippen LogP contribution is 2.13. The van der Waals surface area contributed by atoms with Crippen LogP contribution in [0.1, 0.15) is 10.4 Å². The van der Waals surface area contributed by atoms with Crippen molar-refractivity contribution in [2.75, 3.05) is 18.1 Å². The maximum atomic E-state index is 11.4. The zero-order chi connectivity index (χ0) is 13.8. The van der Waals surface area contributed by atoms with Crippen LogP contribution in [0.4, 0.5) is 17.3 Å². The summed E-state index contributed by atoms with van der Waals surface area (Å²) in [5.74, 6) is 0.123. The summed E-state index contributed by atoms with van der Waals surface area (Å²) >= 11 is 0. The van der Waals surface area contributed by atoms with Crippen molar-refractivity contribution in [3.63, 3.8) is 0 Å². The molecular weight excluding hydrogens is 246 g/mol. The van der Waals surface area contributed by atoms with Crippen molar-refractivity contribution in [1.82, 2.24) is 15.3 Å². The zero-order valence-corrected chi connectivity index (χ0v) is 10.2. The van der Waals surface area contributed by atoms with E-state index < -0.39 is 5.56 Å². The molecule has 1 heterocycles. The molecule has 1 amide bonds. The largest absolute Gasteiger partial charge is 0.393 e. The Labute approximate surface area is 108 Å². The molecule has 0 saturated heterocycles. The van der Waals surface area contributed by atoms with Crippen molar-refractivity contribution in [3.05, 3.63) is 46.4 Å². The van der Waals surface area contributed by atoms with E-state index in [4.69, 9.17) is 5.73 Å². The van der Waals surface area contributed by atoms with Gasteiger partial charge in [-0.3, -0.25) is 9.59 Å². The van der Waals surface area contributed by atoms with Crippen LogP contribution in [0.5, 0.6) is 0 Å². The van der Waals surface area contributed by atoms with Crippen molar-refractivity contribution in [3.8, 4) is 0 Å². The first-order chi connectivity index (χ1) is 9.10. The summed E-state index contributed by atoms with van der Waals surface area (Å²) in [6.45, 7) is 0. The van der Waals surface area contributed by atoms with E-state index in [0.29, 0.717) is 11.3 Å². The summed E-state index contributed by atoms with van der Waals surface area (Å²) in [5.41, 5.74) is 6.17. The van der Waals surface area contributed by atoms with E-state index in [1.54, 1.807) is 31.3 Å². The lowest BCUT2D eigenvalue weighted by Crippen LogP contribution is -2.17. The number of hydrogen-bond donors (Lipinski definition) is 4. The van der Waals surface area contributed by atoms with Gasteiger partial charge in [0, 0.05) is 24.5 Å². The standard InChI is InChI=1S/C12H13N5O2/c1-14-10(18)7-2-4-8(5-3-7)16-12-15-6-9(13)11(19)17-12/h2-6H,13H2,1H3,(H,14,18)(H2,15,16,17,19). The summed E-state index contributed by atoms with van der Waals surface area (Å²) in [6, 6.07) is 6.75. The molecular formula is C12H13N5O2. The second-order valence-electron chi connectivity index (χ2n) is 3.79. The van der Waals surface area contributed by atoms with Crippen LogP contribution >= 0.6 is 0 Å². The molecule has 7 nitrogen and oxygen atoms in total. The second kappa shape index (κ2) is 5.21. The topological polar surface area (TPSA) is 113 Å². The monoisotopic (exact) mass is 259 g/mol. The lowest BCUT2D eigenvalue weighted by molar-refractivity contribution is 0.0963. The Kier molecular flexibility index (Phi) is 3.46. The lowest BCUT2D eigenvalue weighted by Gasteiger charge is -2.06. The molecule has 0 radical (unpaired) electrons. The average Bonchev–Trinajstić information content (AvgIpc) is 2.43. The smallest absolute Gasteiger partial charge is 0.297 e. The Hall–Kier alpha value is -2.83. The highest BCUT2D eigenvalue weighted by atomic mass is 16.1. The van der Waals surface area contributed by atoms with E-state index in [2.05, 4.69) is 20.6 Å². The quantitative estimate of drug-likeness (QED) is 0.639. The molecule has 0 aliphatic rings. The van der Waals surface area contributed by atoms with E-state index >= 15 is 0 Å². The Bertz CT molecular complexity index is 648. The van der Waals surface area contributed by atoms with Gasteiger partial charge in [0.2, 0.25) is 5.95 Å². The average molecular weight is 259 g/mol. The highest BCUT2D eigenvalue weighted by molar-refractivity contribution is 5.94. The van der Waals surface area contributed by atoms with Gasteiger partial charge in [-0.15, -0.1) is 0 Å². The molecule has 0 bridgehead atoms. The molecule has 2 rings (SSSR count). The third-order valence-corrected chi connectivity index (χ3v) is 2.46. The maximum absolute atomic E-state index is 11.4. The molecule has 0 saturated carbocycles. The van der Waals surface area contributed by atoms with Gasteiger partial charge >= 0.3 is 0 Å². The number of H-pyrrole nitrogens is 1. The molecule has 0 aliphatic carbocycles. The van der Waals surface area contributed by atoms with Crippen molar-refractivity contribution < 1.29 is 4.79 Å². The van der Waals surface area contributed by atoms with Gasteiger partial charge in [0.25, 0.3) is 11.5 Å². The second-order valence-corrected chi connectivity index (χ2v) is 3.79. The Morgan fingerprint density at radius 1 is 1.32 bits per heavy atom. The fraction of sp³-hybridized carbons (Fsp3) is 0.0833. The SMILES string of the molecule is CNC(=O)c1ccc(Nc2nc(=O)c(N)c[nH]2)cc1. The number of anilines is 3. The van der Waals surface area contributed by atoms with Gasteiger partial charge in [-0.25, -0.2) is 0 Å². The molecule has 5 N–H and O–H groups in total. The number of aromatic nitrogens is 2. The molecule has 0 unspecified atom stereocenters. The van der Waals surface area contributed by atoms with Crippen LogP contribution in [-0.4, -0.2) is 22.9 Å². The minimum atomic E-state index is -0.497. The Morgan fingerprint density at radius 2 is 2.00 bits per heavy atom. The zero-order valence-electron chi connectivity index (χ0n) is 10.2. The van der Waals surface area contributed by atoms with Crippen LogP contribution in [0.2, 0.25) is 0 Å². The van der Waals surface area contributed by atoms with E-state index in [1.807, 2.05) is 0 Å². The number of benzene rings is 1. The summed E-state index contributed by atoms with van der Waals surface area (Å²) in [5, 5.41) is 5.43.